The number of benzene rings is 3. The summed E-state index contributed by atoms with van der Waals surface area (Å²) < 4.78 is 13.3. The van der Waals surface area contributed by atoms with E-state index in [0.29, 0.717) is 21.3 Å². The van der Waals surface area contributed by atoms with Crippen molar-refractivity contribution in [2.45, 2.75) is 0 Å². The first-order chi connectivity index (χ1) is 15.0. The van der Waals surface area contributed by atoms with Crippen molar-refractivity contribution in [2.24, 2.45) is 0 Å². The summed E-state index contributed by atoms with van der Waals surface area (Å²) in [6, 6.07) is 20.3. The molecule has 2 aromatic heterocycles. The third kappa shape index (κ3) is 3.27. The second-order valence-corrected chi connectivity index (χ2v) is 8.02. The lowest BCUT2D eigenvalue weighted by Crippen LogP contribution is -2.08. The summed E-state index contributed by atoms with van der Waals surface area (Å²) in [5.41, 5.74) is 3.44. The van der Waals surface area contributed by atoms with Crippen molar-refractivity contribution in [1.29, 1.82) is 0 Å². The molecule has 4 nitrogen and oxygen atoms in total. The van der Waals surface area contributed by atoms with Gasteiger partial charge in [0, 0.05) is 22.6 Å². The van der Waals surface area contributed by atoms with E-state index in [1.807, 2.05) is 47.8 Å². The first-order valence-electron chi connectivity index (χ1n) is 9.54. The number of aromatic nitrogens is 1. The molecular weight excluding hydrogens is 413 g/mol. The summed E-state index contributed by atoms with van der Waals surface area (Å²) in [5, 5.41) is 23.5. The lowest BCUT2D eigenvalue weighted by molar-refractivity contribution is 0.471. The number of rotatable bonds is 3. The smallest absolute Gasteiger partial charge is 0.260 e. The molecule has 0 aliphatic rings. The highest BCUT2D eigenvalue weighted by molar-refractivity contribution is 7.17. The van der Waals surface area contributed by atoms with Gasteiger partial charge in [-0.05, 0) is 28.8 Å². The van der Waals surface area contributed by atoms with Crippen LogP contribution < -0.4 is 5.56 Å². The molecule has 0 bridgehead atoms. The highest BCUT2D eigenvalue weighted by atomic mass is 32.1. The van der Waals surface area contributed by atoms with Gasteiger partial charge in [0.05, 0.1) is 10.9 Å². The van der Waals surface area contributed by atoms with Crippen LogP contribution in [-0.4, -0.2) is 15.2 Å². The molecular formula is C25H16FNO3S. The third-order valence-corrected chi connectivity index (χ3v) is 6.14. The van der Waals surface area contributed by atoms with Crippen LogP contribution in [0, 0.1) is 5.82 Å². The Bertz CT molecular complexity index is 1470. The van der Waals surface area contributed by atoms with Crippen molar-refractivity contribution >= 4 is 21.6 Å². The monoisotopic (exact) mass is 429 g/mol. The van der Waals surface area contributed by atoms with Gasteiger partial charge in [0.15, 0.2) is 0 Å². The molecule has 5 rings (SSSR count). The number of aromatic amines is 1. The number of nitrogens with one attached hydrogen (secondary N) is 1. The number of pyridine rings is 1. The van der Waals surface area contributed by atoms with Gasteiger partial charge in [0.1, 0.15) is 22.1 Å². The van der Waals surface area contributed by atoms with Crippen molar-refractivity contribution in [3.05, 3.63) is 94.3 Å². The van der Waals surface area contributed by atoms with Crippen molar-refractivity contribution in [3.8, 4) is 44.9 Å². The SMILES string of the molecule is O=c1[nH]c2scc(-c3ccc(-c4ccc(F)cc4O)cc3)c2c(O)c1-c1ccccc1. The van der Waals surface area contributed by atoms with E-state index in [1.54, 1.807) is 12.1 Å². The van der Waals surface area contributed by atoms with Crippen LogP contribution in [0.15, 0.2) is 83.0 Å². The van der Waals surface area contributed by atoms with Gasteiger partial charge < -0.3 is 15.2 Å². The Morgan fingerprint density at radius 3 is 2.16 bits per heavy atom. The average Bonchev–Trinajstić information content (AvgIpc) is 3.19. The van der Waals surface area contributed by atoms with Gasteiger partial charge in [-0.1, -0.05) is 54.6 Å². The molecule has 152 valence electrons. The predicted octanol–water partition coefficient (Wildman–Crippen LogP) is 6.14. The molecule has 3 N–H and O–H groups in total. The Hall–Kier alpha value is -3.90. The molecule has 5 aromatic rings. The summed E-state index contributed by atoms with van der Waals surface area (Å²) in [6.45, 7) is 0. The number of thiophene rings is 1. The molecule has 31 heavy (non-hydrogen) atoms. The molecule has 0 amide bonds. The predicted molar refractivity (Wildman–Crippen MR) is 122 cm³/mol. The van der Waals surface area contributed by atoms with E-state index in [1.165, 1.54) is 23.5 Å². The van der Waals surface area contributed by atoms with Crippen molar-refractivity contribution in [3.63, 3.8) is 0 Å². The molecule has 0 fully saturated rings. The summed E-state index contributed by atoms with van der Waals surface area (Å²) in [5.74, 6) is -0.681. The van der Waals surface area contributed by atoms with E-state index in [-0.39, 0.29) is 22.6 Å². The van der Waals surface area contributed by atoms with Crippen LogP contribution in [0.25, 0.3) is 43.6 Å². The van der Waals surface area contributed by atoms with Crippen molar-refractivity contribution in [1.82, 2.24) is 4.98 Å². The van der Waals surface area contributed by atoms with Gasteiger partial charge in [0.25, 0.3) is 5.56 Å². The normalized spacial score (nSPS) is 11.1. The molecule has 2 heterocycles. The minimum absolute atomic E-state index is 0.0542. The molecule has 3 aromatic carbocycles. The third-order valence-electron chi connectivity index (χ3n) is 5.25. The second-order valence-electron chi connectivity index (χ2n) is 7.14. The molecule has 0 radical (unpaired) electrons. The maximum Gasteiger partial charge on any atom is 0.260 e. The fraction of sp³-hybridized carbons (Fsp3) is 0. The van der Waals surface area contributed by atoms with E-state index in [0.717, 1.165) is 22.8 Å². The summed E-state index contributed by atoms with van der Waals surface area (Å²) >= 11 is 1.35. The Labute approximate surface area is 180 Å². The maximum atomic E-state index is 13.3. The molecule has 0 atom stereocenters. The number of aromatic hydroxyl groups is 2. The van der Waals surface area contributed by atoms with E-state index in [4.69, 9.17) is 0 Å². The molecule has 0 spiro atoms. The fourth-order valence-electron chi connectivity index (χ4n) is 3.75. The fourth-order valence-corrected chi connectivity index (χ4v) is 4.71. The largest absolute Gasteiger partial charge is 0.507 e. The van der Waals surface area contributed by atoms with Gasteiger partial charge in [-0.25, -0.2) is 4.39 Å². The number of phenols is 1. The highest BCUT2D eigenvalue weighted by Gasteiger charge is 2.19. The van der Waals surface area contributed by atoms with E-state index >= 15 is 0 Å². The molecule has 0 unspecified atom stereocenters. The number of hydrogen-bond acceptors (Lipinski definition) is 4. The van der Waals surface area contributed by atoms with Gasteiger partial charge in [-0.2, -0.15) is 0 Å². The van der Waals surface area contributed by atoms with Crippen LogP contribution >= 0.6 is 11.3 Å². The topological polar surface area (TPSA) is 73.3 Å². The Kier molecular flexibility index (Phi) is 4.56. The van der Waals surface area contributed by atoms with Crippen LogP contribution in [0.4, 0.5) is 4.39 Å². The first-order valence-corrected chi connectivity index (χ1v) is 10.4. The Balaban J connectivity index is 1.63. The standard InChI is InChI=1S/C25H16FNO3S/c26-17-10-11-18(20(28)12-17)14-6-8-15(9-7-14)19-13-31-25-22(19)23(29)21(24(30)27-25)16-4-2-1-3-5-16/h1-13,28H,(H2,27,29,30). The van der Waals surface area contributed by atoms with Crippen LogP contribution in [-0.2, 0) is 0 Å². The van der Waals surface area contributed by atoms with Gasteiger partial charge in [-0.3, -0.25) is 4.79 Å². The van der Waals surface area contributed by atoms with Gasteiger partial charge >= 0.3 is 0 Å². The second kappa shape index (κ2) is 7.41. The van der Waals surface area contributed by atoms with E-state index in [9.17, 15) is 19.4 Å². The van der Waals surface area contributed by atoms with Crippen molar-refractivity contribution < 1.29 is 14.6 Å². The number of H-pyrrole nitrogens is 1. The number of phenolic OH excluding ortho intramolecular Hbond substituents is 1. The van der Waals surface area contributed by atoms with Crippen LogP contribution in [0.3, 0.4) is 0 Å². The van der Waals surface area contributed by atoms with Gasteiger partial charge in [-0.15, -0.1) is 11.3 Å². The Morgan fingerprint density at radius 2 is 1.48 bits per heavy atom. The quantitative estimate of drug-likeness (QED) is 0.322. The minimum atomic E-state index is -0.499. The summed E-state index contributed by atoms with van der Waals surface area (Å²) in [4.78, 5) is 16.1. The van der Waals surface area contributed by atoms with Crippen LogP contribution in [0.1, 0.15) is 0 Å². The van der Waals surface area contributed by atoms with Crippen LogP contribution in [0.2, 0.25) is 0 Å². The number of fused-ring (bicyclic) bond motifs is 1. The lowest BCUT2D eigenvalue weighted by Gasteiger charge is -2.09. The van der Waals surface area contributed by atoms with E-state index in [2.05, 4.69) is 4.98 Å². The average molecular weight is 429 g/mol. The molecule has 0 saturated carbocycles. The highest BCUT2D eigenvalue weighted by Crippen LogP contribution is 2.42. The number of halogens is 1. The van der Waals surface area contributed by atoms with Gasteiger partial charge in [0.2, 0.25) is 0 Å². The lowest BCUT2D eigenvalue weighted by atomic mass is 9.98. The number of hydrogen-bond donors (Lipinski definition) is 3. The van der Waals surface area contributed by atoms with E-state index < -0.39 is 5.82 Å². The summed E-state index contributed by atoms with van der Waals surface area (Å²) in [6.07, 6.45) is 0. The zero-order valence-electron chi connectivity index (χ0n) is 16.1. The van der Waals surface area contributed by atoms with Crippen molar-refractivity contribution in [2.75, 3.05) is 0 Å². The molecule has 0 saturated heterocycles. The Morgan fingerprint density at radius 1 is 0.806 bits per heavy atom. The molecule has 0 aliphatic carbocycles. The summed E-state index contributed by atoms with van der Waals surface area (Å²) in [7, 11) is 0. The molecule has 6 heteroatoms. The minimum Gasteiger partial charge on any atom is -0.507 e. The zero-order valence-corrected chi connectivity index (χ0v) is 16.9. The maximum absolute atomic E-state index is 13.3. The molecule has 0 aliphatic heterocycles. The zero-order chi connectivity index (χ0) is 21.5. The van der Waals surface area contributed by atoms with Crippen LogP contribution in [0.5, 0.6) is 11.5 Å². The first kappa shape index (κ1) is 19.1.